The van der Waals surface area contributed by atoms with Gasteiger partial charge in [0.25, 0.3) is 5.91 Å². The number of piperidine rings is 1. The monoisotopic (exact) mass is 325 g/mol. The lowest BCUT2D eigenvalue weighted by atomic mass is 10.1. The van der Waals surface area contributed by atoms with E-state index in [1.54, 1.807) is 12.1 Å². The standard InChI is InChI=1S/C16H23N3O2.ClH/c1-12(18-16(21)13-6-3-2-4-7-13)10-15(20)19-14-8-5-9-17-11-14;/h2-4,6-7,12,14,17H,5,8-11H2,1H3,(H,18,21)(H,19,20);1H/t12?,14-;/m0./s1. The van der Waals surface area contributed by atoms with Crippen molar-refractivity contribution in [1.29, 1.82) is 0 Å². The summed E-state index contributed by atoms with van der Waals surface area (Å²) in [5, 5.41) is 9.12. The van der Waals surface area contributed by atoms with Gasteiger partial charge in [0.1, 0.15) is 0 Å². The second-order valence-corrected chi connectivity index (χ2v) is 5.56. The van der Waals surface area contributed by atoms with Crippen LogP contribution >= 0.6 is 12.4 Å². The van der Waals surface area contributed by atoms with Gasteiger partial charge in [0.15, 0.2) is 0 Å². The molecule has 0 spiro atoms. The van der Waals surface area contributed by atoms with Crippen LogP contribution in [0.5, 0.6) is 0 Å². The van der Waals surface area contributed by atoms with Crippen LogP contribution in [-0.4, -0.2) is 37.0 Å². The Balaban J connectivity index is 0.00000242. The molecule has 3 N–H and O–H groups in total. The van der Waals surface area contributed by atoms with Crippen molar-refractivity contribution in [2.24, 2.45) is 0 Å². The number of benzene rings is 1. The maximum atomic E-state index is 12.0. The van der Waals surface area contributed by atoms with Gasteiger partial charge in [0.05, 0.1) is 0 Å². The molecular weight excluding hydrogens is 302 g/mol. The van der Waals surface area contributed by atoms with Crippen molar-refractivity contribution >= 4 is 24.2 Å². The maximum Gasteiger partial charge on any atom is 0.251 e. The van der Waals surface area contributed by atoms with Gasteiger partial charge in [-0.25, -0.2) is 0 Å². The van der Waals surface area contributed by atoms with Gasteiger partial charge >= 0.3 is 0 Å². The van der Waals surface area contributed by atoms with Crippen molar-refractivity contribution in [2.45, 2.75) is 38.3 Å². The first-order chi connectivity index (χ1) is 10.1. The van der Waals surface area contributed by atoms with Crippen LogP contribution in [0.15, 0.2) is 30.3 Å². The molecule has 5 nitrogen and oxygen atoms in total. The molecule has 0 bridgehead atoms. The topological polar surface area (TPSA) is 70.2 Å². The quantitative estimate of drug-likeness (QED) is 0.768. The fourth-order valence-electron chi connectivity index (χ4n) is 2.49. The van der Waals surface area contributed by atoms with Crippen molar-refractivity contribution < 1.29 is 9.59 Å². The van der Waals surface area contributed by atoms with Crippen LogP contribution in [0, 0.1) is 0 Å². The maximum absolute atomic E-state index is 12.0. The largest absolute Gasteiger partial charge is 0.352 e. The van der Waals surface area contributed by atoms with E-state index in [9.17, 15) is 9.59 Å². The fourth-order valence-corrected chi connectivity index (χ4v) is 2.49. The molecular formula is C16H24ClN3O2. The first-order valence-corrected chi connectivity index (χ1v) is 7.51. The molecule has 1 saturated heterocycles. The van der Waals surface area contributed by atoms with Crippen molar-refractivity contribution in [2.75, 3.05) is 13.1 Å². The molecule has 1 heterocycles. The molecule has 0 aromatic heterocycles. The van der Waals surface area contributed by atoms with Gasteiger partial charge in [-0.1, -0.05) is 18.2 Å². The number of nitrogens with one attached hydrogen (secondary N) is 3. The molecule has 6 heteroatoms. The lowest BCUT2D eigenvalue weighted by Gasteiger charge is -2.24. The molecule has 1 unspecified atom stereocenters. The van der Waals surface area contributed by atoms with E-state index in [2.05, 4.69) is 16.0 Å². The Morgan fingerprint density at radius 3 is 2.68 bits per heavy atom. The molecule has 2 rings (SSSR count). The number of halogens is 1. The zero-order valence-electron chi connectivity index (χ0n) is 12.8. The molecule has 22 heavy (non-hydrogen) atoms. The second kappa shape index (κ2) is 9.43. The average molecular weight is 326 g/mol. The Hall–Kier alpha value is -1.59. The van der Waals surface area contributed by atoms with Crippen LogP contribution in [0.4, 0.5) is 0 Å². The van der Waals surface area contributed by atoms with Crippen molar-refractivity contribution in [1.82, 2.24) is 16.0 Å². The molecule has 122 valence electrons. The Morgan fingerprint density at radius 1 is 1.32 bits per heavy atom. The van der Waals surface area contributed by atoms with E-state index < -0.39 is 0 Å². The van der Waals surface area contributed by atoms with E-state index in [0.29, 0.717) is 12.0 Å². The van der Waals surface area contributed by atoms with E-state index >= 15 is 0 Å². The molecule has 0 saturated carbocycles. The van der Waals surface area contributed by atoms with E-state index in [0.717, 1.165) is 25.9 Å². The third kappa shape index (κ3) is 6.03. The summed E-state index contributed by atoms with van der Waals surface area (Å²) in [5.74, 6) is -0.153. The second-order valence-electron chi connectivity index (χ2n) is 5.56. The highest BCUT2D eigenvalue weighted by Crippen LogP contribution is 2.03. The number of rotatable bonds is 5. The van der Waals surface area contributed by atoms with Crippen molar-refractivity contribution in [3.05, 3.63) is 35.9 Å². The zero-order valence-corrected chi connectivity index (χ0v) is 13.6. The minimum Gasteiger partial charge on any atom is -0.352 e. The smallest absolute Gasteiger partial charge is 0.251 e. The summed E-state index contributed by atoms with van der Waals surface area (Å²) in [4.78, 5) is 23.9. The molecule has 1 aliphatic rings. The number of hydrogen-bond acceptors (Lipinski definition) is 3. The van der Waals surface area contributed by atoms with E-state index in [4.69, 9.17) is 0 Å². The van der Waals surface area contributed by atoms with Crippen LogP contribution in [0.1, 0.15) is 36.5 Å². The lowest BCUT2D eigenvalue weighted by Crippen LogP contribution is -2.47. The van der Waals surface area contributed by atoms with Gasteiger partial charge in [0, 0.05) is 30.6 Å². The summed E-state index contributed by atoms with van der Waals surface area (Å²) in [6.45, 7) is 3.70. The summed E-state index contributed by atoms with van der Waals surface area (Å²) in [5.41, 5.74) is 0.612. The van der Waals surface area contributed by atoms with Gasteiger partial charge in [-0.2, -0.15) is 0 Å². The van der Waals surface area contributed by atoms with Gasteiger partial charge in [-0.15, -0.1) is 12.4 Å². The van der Waals surface area contributed by atoms with Crippen LogP contribution in [-0.2, 0) is 4.79 Å². The summed E-state index contributed by atoms with van der Waals surface area (Å²) in [7, 11) is 0. The SMILES string of the molecule is CC(CC(=O)N[C@H]1CCCNC1)NC(=O)c1ccccc1.Cl. The van der Waals surface area contributed by atoms with Gasteiger partial charge < -0.3 is 16.0 Å². The van der Waals surface area contributed by atoms with Crippen LogP contribution in [0.2, 0.25) is 0 Å². The van der Waals surface area contributed by atoms with Gasteiger partial charge in [-0.3, -0.25) is 9.59 Å². The zero-order chi connectivity index (χ0) is 15.1. The number of carbonyl (C=O) groups is 2. The third-order valence-corrected chi connectivity index (χ3v) is 3.57. The molecule has 2 atom stereocenters. The van der Waals surface area contributed by atoms with Crippen LogP contribution in [0.25, 0.3) is 0 Å². The van der Waals surface area contributed by atoms with Gasteiger partial charge in [-0.05, 0) is 38.4 Å². The summed E-state index contributed by atoms with van der Waals surface area (Å²) < 4.78 is 0. The fraction of sp³-hybridized carbons (Fsp3) is 0.500. The van der Waals surface area contributed by atoms with E-state index in [1.165, 1.54) is 0 Å². The highest BCUT2D eigenvalue weighted by atomic mass is 35.5. The number of amides is 2. The Kier molecular flexibility index (Phi) is 7.91. The Bertz CT molecular complexity index is 476. The predicted molar refractivity (Wildman–Crippen MR) is 89.3 cm³/mol. The van der Waals surface area contributed by atoms with Crippen molar-refractivity contribution in [3.8, 4) is 0 Å². The summed E-state index contributed by atoms with van der Waals surface area (Å²) in [6.07, 6.45) is 2.41. The first kappa shape index (κ1) is 18.5. The first-order valence-electron chi connectivity index (χ1n) is 7.51. The minimum atomic E-state index is -0.186. The number of carbonyl (C=O) groups excluding carboxylic acids is 2. The normalized spacial score (nSPS) is 18.7. The molecule has 1 aromatic carbocycles. The Morgan fingerprint density at radius 2 is 2.05 bits per heavy atom. The molecule has 1 aliphatic heterocycles. The van der Waals surface area contributed by atoms with E-state index in [1.807, 2.05) is 25.1 Å². The highest BCUT2D eigenvalue weighted by Gasteiger charge is 2.18. The average Bonchev–Trinajstić information content (AvgIpc) is 2.48. The molecule has 1 aromatic rings. The molecule has 2 amide bonds. The predicted octanol–water partition coefficient (Wildman–Crippen LogP) is 1.49. The number of hydrogen-bond donors (Lipinski definition) is 3. The van der Waals surface area contributed by atoms with E-state index in [-0.39, 0.29) is 36.3 Å². The van der Waals surface area contributed by atoms with Crippen LogP contribution < -0.4 is 16.0 Å². The highest BCUT2D eigenvalue weighted by molar-refractivity contribution is 5.94. The molecule has 0 radical (unpaired) electrons. The summed E-state index contributed by atoms with van der Waals surface area (Å²) >= 11 is 0. The van der Waals surface area contributed by atoms with Crippen molar-refractivity contribution in [3.63, 3.8) is 0 Å². The van der Waals surface area contributed by atoms with Gasteiger partial charge in [0.2, 0.25) is 5.91 Å². The minimum absolute atomic E-state index is 0. The Labute approximate surface area is 137 Å². The molecule has 0 aliphatic carbocycles. The molecule has 1 fully saturated rings. The summed E-state index contributed by atoms with van der Waals surface area (Å²) in [6, 6.07) is 9.06. The van der Waals surface area contributed by atoms with Crippen LogP contribution in [0.3, 0.4) is 0 Å². The third-order valence-electron chi connectivity index (χ3n) is 3.57. The lowest BCUT2D eigenvalue weighted by molar-refractivity contribution is -0.122.